The van der Waals surface area contributed by atoms with E-state index in [1.807, 2.05) is 4.90 Å². The highest BCUT2D eigenvalue weighted by Gasteiger charge is 2.22. The number of hydrogen-bond donors (Lipinski definition) is 4. The Morgan fingerprint density at radius 3 is 2.40 bits per heavy atom. The van der Waals surface area contributed by atoms with Crippen molar-refractivity contribution < 1.29 is 4.79 Å². The number of amides is 2. The second-order valence-corrected chi connectivity index (χ2v) is 8.33. The van der Waals surface area contributed by atoms with Gasteiger partial charge in [-0.15, -0.1) is 0 Å². The lowest BCUT2D eigenvalue weighted by molar-refractivity contribution is 0.176. The summed E-state index contributed by atoms with van der Waals surface area (Å²) in [4.78, 5) is 16.3. The van der Waals surface area contributed by atoms with E-state index in [9.17, 15) is 4.79 Å². The molecule has 1 aliphatic heterocycles. The van der Waals surface area contributed by atoms with Crippen LogP contribution >= 0.6 is 11.8 Å². The van der Waals surface area contributed by atoms with Gasteiger partial charge >= 0.3 is 6.03 Å². The molecule has 0 aromatic heterocycles. The Hall–Kier alpha value is -1.28. The Balaban J connectivity index is 1.64. The van der Waals surface area contributed by atoms with Gasteiger partial charge in [0.05, 0.1) is 0 Å². The molecule has 25 heavy (non-hydrogen) atoms. The summed E-state index contributed by atoms with van der Waals surface area (Å²) in [6.07, 6.45) is 5.56. The predicted molar refractivity (Wildman–Crippen MR) is 104 cm³/mol. The quantitative estimate of drug-likeness (QED) is 0.453. The van der Waals surface area contributed by atoms with Gasteiger partial charge in [-0.05, 0) is 43.5 Å². The molecule has 2 amide bonds. The monoisotopic (exact) mass is 368 g/mol. The predicted octanol–water partition coefficient (Wildman–Crippen LogP) is 2.49. The minimum atomic E-state index is -0.323. The van der Waals surface area contributed by atoms with Crippen molar-refractivity contribution in [2.24, 2.45) is 5.92 Å². The van der Waals surface area contributed by atoms with Gasteiger partial charge in [0, 0.05) is 32.2 Å². The molecular weight excluding hydrogens is 336 g/mol. The average Bonchev–Trinajstić information content (AvgIpc) is 3.05. The topological polar surface area (TPSA) is 95.3 Å². The number of carbonyl (C=O) groups is 1. The maximum absolute atomic E-state index is 11.9. The number of nitrogens with one attached hydrogen (secondary N) is 4. The molecule has 2 fully saturated rings. The first-order valence-corrected chi connectivity index (χ1v) is 10.2. The Morgan fingerprint density at radius 1 is 1.16 bits per heavy atom. The summed E-state index contributed by atoms with van der Waals surface area (Å²) < 4.78 is 0. The largest absolute Gasteiger partial charge is 0.349 e. The van der Waals surface area contributed by atoms with E-state index >= 15 is 0 Å². The number of rotatable bonds is 4. The molecule has 142 valence electrons. The second kappa shape index (κ2) is 10.0. The highest BCUT2D eigenvalue weighted by Crippen LogP contribution is 2.17. The first kappa shape index (κ1) is 20.0. The normalized spacial score (nSPS) is 19.2. The molecule has 1 saturated heterocycles. The van der Waals surface area contributed by atoms with Crippen LogP contribution in [0.5, 0.6) is 0 Å². The van der Waals surface area contributed by atoms with Crippen LogP contribution in [-0.2, 0) is 0 Å². The van der Waals surface area contributed by atoms with Gasteiger partial charge in [-0.1, -0.05) is 26.7 Å². The molecule has 1 heterocycles. The van der Waals surface area contributed by atoms with E-state index < -0.39 is 0 Å². The van der Waals surface area contributed by atoms with Crippen LogP contribution in [-0.4, -0.2) is 64.9 Å². The third-order valence-electron chi connectivity index (χ3n) is 4.80. The van der Waals surface area contributed by atoms with Gasteiger partial charge in [0.25, 0.3) is 0 Å². The van der Waals surface area contributed by atoms with Crippen molar-refractivity contribution in [3.05, 3.63) is 0 Å². The number of thioether (sulfide) groups is 1. The summed E-state index contributed by atoms with van der Waals surface area (Å²) in [6.45, 7) is 9.13. The van der Waals surface area contributed by atoms with E-state index in [1.165, 1.54) is 6.42 Å². The van der Waals surface area contributed by atoms with Crippen LogP contribution in [0.1, 0.15) is 46.0 Å². The van der Waals surface area contributed by atoms with Crippen LogP contribution < -0.4 is 10.6 Å². The van der Waals surface area contributed by atoms with Crippen molar-refractivity contribution >= 4 is 28.1 Å². The van der Waals surface area contributed by atoms with Gasteiger partial charge in [0.15, 0.2) is 10.3 Å². The molecule has 1 saturated carbocycles. The maximum Gasteiger partial charge on any atom is 0.321 e. The second-order valence-electron chi connectivity index (χ2n) is 7.33. The lowest BCUT2D eigenvalue weighted by Crippen LogP contribution is -2.49. The third-order valence-corrected chi connectivity index (χ3v) is 5.56. The van der Waals surface area contributed by atoms with Gasteiger partial charge in [0.2, 0.25) is 0 Å². The van der Waals surface area contributed by atoms with E-state index in [2.05, 4.69) is 29.4 Å². The van der Waals surface area contributed by atoms with Crippen LogP contribution in [0.3, 0.4) is 0 Å². The summed E-state index contributed by atoms with van der Waals surface area (Å²) in [5.41, 5.74) is 0. The minimum absolute atomic E-state index is 0.0164. The maximum atomic E-state index is 11.9. The number of nitrogens with zero attached hydrogens (tertiary/aromatic N) is 2. The van der Waals surface area contributed by atoms with Crippen LogP contribution in [0.2, 0.25) is 0 Å². The van der Waals surface area contributed by atoms with Crippen molar-refractivity contribution in [3.63, 3.8) is 0 Å². The van der Waals surface area contributed by atoms with Crippen LogP contribution in [0.4, 0.5) is 4.79 Å². The van der Waals surface area contributed by atoms with Crippen LogP contribution in [0, 0.1) is 16.7 Å². The van der Waals surface area contributed by atoms with Crippen molar-refractivity contribution in [1.82, 2.24) is 20.4 Å². The third kappa shape index (κ3) is 7.23. The molecule has 4 N–H and O–H groups in total. The molecule has 7 nitrogen and oxygen atoms in total. The summed E-state index contributed by atoms with van der Waals surface area (Å²) in [7, 11) is 0. The molecule has 2 rings (SSSR count). The Labute approximate surface area is 155 Å². The van der Waals surface area contributed by atoms with Crippen molar-refractivity contribution in [1.29, 1.82) is 10.8 Å². The molecule has 0 bridgehead atoms. The van der Waals surface area contributed by atoms with Crippen LogP contribution in [0.25, 0.3) is 0 Å². The minimum Gasteiger partial charge on any atom is -0.349 e. The van der Waals surface area contributed by atoms with Crippen LogP contribution in [0.15, 0.2) is 0 Å². The molecule has 0 aromatic carbocycles. The SMILES string of the molecule is CC(C)CCN1CCN(C(=N)SC(=N)NC(=O)NC2CCCC2)CC1. The van der Waals surface area contributed by atoms with E-state index in [-0.39, 0.29) is 17.2 Å². The summed E-state index contributed by atoms with van der Waals surface area (Å²) in [5.74, 6) is 0.716. The zero-order valence-corrected chi connectivity index (χ0v) is 16.3. The molecular formula is C17H32N6OS. The van der Waals surface area contributed by atoms with E-state index in [0.717, 1.165) is 70.2 Å². The fourth-order valence-corrected chi connectivity index (χ4v) is 3.85. The highest BCUT2D eigenvalue weighted by atomic mass is 32.2. The molecule has 0 radical (unpaired) electrons. The van der Waals surface area contributed by atoms with E-state index in [0.29, 0.717) is 11.1 Å². The Kier molecular flexibility index (Phi) is 8.02. The summed E-state index contributed by atoms with van der Waals surface area (Å²) >= 11 is 1.01. The van der Waals surface area contributed by atoms with Crippen molar-refractivity contribution in [3.8, 4) is 0 Å². The van der Waals surface area contributed by atoms with Gasteiger partial charge in [-0.3, -0.25) is 21.0 Å². The first-order valence-electron chi connectivity index (χ1n) is 9.34. The number of carbonyl (C=O) groups excluding carboxylic acids is 1. The Bertz CT molecular complexity index is 470. The van der Waals surface area contributed by atoms with Gasteiger partial charge in [-0.2, -0.15) is 0 Å². The lowest BCUT2D eigenvalue weighted by Gasteiger charge is -2.35. The average molecular weight is 369 g/mol. The van der Waals surface area contributed by atoms with Crippen molar-refractivity contribution in [2.45, 2.75) is 52.0 Å². The smallest absolute Gasteiger partial charge is 0.321 e. The van der Waals surface area contributed by atoms with Gasteiger partial charge < -0.3 is 10.2 Å². The highest BCUT2D eigenvalue weighted by molar-refractivity contribution is 8.26. The molecule has 0 spiro atoms. The number of urea groups is 1. The summed E-state index contributed by atoms with van der Waals surface area (Å²) in [5, 5.41) is 21.9. The molecule has 8 heteroatoms. The lowest BCUT2D eigenvalue weighted by atomic mass is 10.1. The van der Waals surface area contributed by atoms with E-state index in [1.54, 1.807) is 0 Å². The molecule has 1 aliphatic carbocycles. The van der Waals surface area contributed by atoms with Gasteiger partial charge in [-0.25, -0.2) is 4.79 Å². The standard InChI is InChI=1S/C17H32N6OS/c1-13(2)7-8-22-9-11-23(12-10-22)16(19)25-15(18)21-17(24)20-14-5-3-4-6-14/h13-14,19H,3-12H2,1-2H3,(H3,18,20,21,24). The molecule has 0 atom stereocenters. The zero-order valence-electron chi connectivity index (χ0n) is 15.4. The molecule has 2 aliphatic rings. The Morgan fingerprint density at radius 2 is 1.80 bits per heavy atom. The van der Waals surface area contributed by atoms with E-state index in [4.69, 9.17) is 10.8 Å². The zero-order chi connectivity index (χ0) is 18.2. The number of amidine groups is 2. The summed E-state index contributed by atoms with van der Waals surface area (Å²) in [6, 6.07) is -0.0909. The fourth-order valence-electron chi connectivity index (χ4n) is 3.20. The van der Waals surface area contributed by atoms with Crippen molar-refractivity contribution in [2.75, 3.05) is 32.7 Å². The number of piperazine rings is 1. The fraction of sp³-hybridized carbons (Fsp3) is 0.824. The molecule has 0 unspecified atom stereocenters. The first-order chi connectivity index (χ1) is 11.9. The molecule has 0 aromatic rings. The number of hydrogen-bond acceptors (Lipinski definition) is 5. The van der Waals surface area contributed by atoms with Gasteiger partial charge in [0.1, 0.15) is 0 Å².